The van der Waals surface area contributed by atoms with Gasteiger partial charge in [0.2, 0.25) is 0 Å². The van der Waals surface area contributed by atoms with Crippen molar-refractivity contribution >= 4 is 17.4 Å². The number of aliphatic hydroxyl groups is 1. The number of aromatic hydroxyl groups is 1. The highest BCUT2D eigenvalue weighted by atomic mass is 16.5. The Morgan fingerprint density at radius 3 is 2.50 bits per heavy atom. The van der Waals surface area contributed by atoms with E-state index < -0.39 is 17.7 Å². The number of amides is 1. The fraction of sp³-hybridized carbons (Fsp3) is 0.385. The minimum absolute atomic E-state index is 0.0428. The third-order valence-corrected chi connectivity index (χ3v) is 6.58. The summed E-state index contributed by atoms with van der Waals surface area (Å²) >= 11 is 0. The molecule has 1 amide bonds. The van der Waals surface area contributed by atoms with Crippen LogP contribution in [0.5, 0.6) is 11.5 Å². The Kier molecular flexibility index (Phi) is 6.90. The summed E-state index contributed by atoms with van der Waals surface area (Å²) in [6.07, 6.45) is 0. The number of methoxy groups -OCH3 is 1. The van der Waals surface area contributed by atoms with Crippen LogP contribution in [0.2, 0.25) is 0 Å². The number of carbonyl (C=O) groups excluding carboxylic acids is 2. The van der Waals surface area contributed by atoms with Gasteiger partial charge < -0.3 is 24.6 Å². The second-order valence-electron chi connectivity index (χ2n) is 8.68. The Labute approximate surface area is 199 Å². The molecule has 0 bridgehead atoms. The van der Waals surface area contributed by atoms with E-state index in [1.807, 2.05) is 13.8 Å². The molecule has 2 saturated heterocycles. The van der Waals surface area contributed by atoms with Crippen molar-refractivity contribution in [3.05, 3.63) is 64.2 Å². The number of phenolic OH excluding ortho intramolecular Hbond substituents is 1. The van der Waals surface area contributed by atoms with Crippen molar-refractivity contribution < 1.29 is 29.3 Å². The fourth-order valence-electron chi connectivity index (χ4n) is 4.48. The molecule has 2 aromatic rings. The zero-order valence-electron chi connectivity index (χ0n) is 19.7. The zero-order chi connectivity index (χ0) is 24.4. The number of ketones is 1. The molecule has 0 saturated carbocycles. The van der Waals surface area contributed by atoms with Crippen molar-refractivity contribution in [1.29, 1.82) is 0 Å². The Bertz CT molecular complexity index is 1140. The summed E-state index contributed by atoms with van der Waals surface area (Å²) in [6, 6.07) is 9.48. The first-order valence-corrected chi connectivity index (χ1v) is 11.3. The highest BCUT2D eigenvalue weighted by molar-refractivity contribution is 6.46. The molecule has 0 spiro atoms. The van der Waals surface area contributed by atoms with E-state index in [1.54, 1.807) is 43.5 Å². The lowest BCUT2D eigenvalue weighted by Gasteiger charge is -2.31. The number of aliphatic hydroxyl groups excluding tert-OH is 1. The van der Waals surface area contributed by atoms with Gasteiger partial charge in [-0.25, -0.2) is 0 Å². The van der Waals surface area contributed by atoms with E-state index in [4.69, 9.17) is 9.47 Å². The van der Waals surface area contributed by atoms with Gasteiger partial charge in [-0.2, -0.15) is 0 Å². The first-order valence-electron chi connectivity index (χ1n) is 11.3. The van der Waals surface area contributed by atoms with E-state index in [-0.39, 0.29) is 22.6 Å². The van der Waals surface area contributed by atoms with Crippen LogP contribution >= 0.6 is 0 Å². The van der Waals surface area contributed by atoms with Crippen molar-refractivity contribution in [1.82, 2.24) is 9.80 Å². The number of hydrogen-bond acceptors (Lipinski definition) is 7. The molecule has 2 aliphatic rings. The molecule has 0 aliphatic carbocycles. The number of hydrogen-bond donors (Lipinski definition) is 2. The Morgan fingerprint density at radius 1 is 1.09 bits per heavy atom. The summed E-state index contributed by atoms with van der Waals surface area (Å²) in [5.74, 6) is -1.41. The third kappa shape index (κ3) is 4.51. The van der Waals surface area contributed by atoms with Crippen LogP contribution < -0.4 is 4.74 Å². The first-order chi connectivity index (χ1) is 16.3. The maximum Gasteiger partial charge on any atom is 0.295 e. The number of phenols is 1. The molecular weight excluding hydrogens is 436 g/mol. The van der Waals surface area contributed by atoms with E-state index in [1.165, 1.54) is 4.90 Å². The number of likely N-dealkylation sites (tertiary alicyclic amines) is 1. The summed E-state index contributed by atoms with van der Waals surface area (Å²) in [7, 11) is 1.54. The van der Waals surface area contributed by atoms with Gasteiger partial charge in [0.25, 0.3) is 11.7 Å². The van der Waals surface area contributed by atoms with Gasteiger partial charge in [0.05, 0.1) is 37.5 Å². The molecule has 34 heavy (non-hydrogen) atoms. The van der Waals surface area contributed by atoms with Crippen molar-refractivity contribution in [3.8, 4) is 11.5 Å². The molecule has 2 N–H and O–H groups in total. The normalized spacial score (nSPS) is 20.7. The molecule has 8 heteroatoms. The van der Waals surface area contributed by atoms with Gasteiger partial charge in [-0.05, 0) is 54.8 Å². The van der Waals surface area contributed by atoms with Gasteiger partial charge >= 0.3 is 0 Å². The van der Waals surface area contributed by atoms with Crippen LogP contribution in [0.3, 0.4) is 0 Å². The summed E-state index contributed by atoms with van der Waals surface area (Å²) in [4.78, 5) is 30.1. The summed E-state index contributed by atoms with van der Waals surface area (Å²) in [6.45, 7) is 7.35. The Balaban J connectivity index is 1.80. The molecule has 180 valence electrons. The van der Waals surface area contributed by atoms with E-state index in [9.17, 15) is 19.8 Å². The van der Waals surface area contributed by atoms with Crippen LogP contribution in [0.25, 0.3) is 5.76 Å². The smallest absolute Gasteiger partial charge is 0.295 e. The summed E-state index contributed by atoms with van der Waals surface area (Å²) < 4.78 is 10.8. The average Bonchev–Trinajstić information content (AvgIpc) is 3.10. The largest absolute Gasteiger partial charge is 0.507 e. The second kappa shape index (κ2) is 9.87. The zero-order valence-corrected chi connectivity index (χ0v) is 19.7. The predicted octanol–water partition coefficient (Wildman–Crippen LogP) is 2.77. The van der Waals surface area contributed by atoms with Gasteiger partial charge in [-0.1, -0.05) is 12.1 Å². The van der Waals surface area contributed by atoms with Gasteiger partial charge in [-0.3, -0.25) is 14.5 Å². The molecule has 1 atom stereocenters. The highest BCUT2D eigenvalue weighted by Crippen LogP contribution is 2.41. The molecule has 0 aromatic heterocycles. The van der Waals surface area contributed by atoms with Crippen molar-refractivity contribution in [2.24, 2.45) is 0 Å². The van der Waals surface area contributed by atoms with Crippen molar-refractivity contribution in [3.63, 3.8) is 0 Å². The van der Waals surface area contributed by atoms with Crippen LogP contribution in [-0.2, 0) is 14.3 Å². The minimum atomic E-state index is -0.808. The molecule has 0 radical (unpaired) electrons. The number of nitrogens with zero attached hydrogens (tertiary/aromatic N) is 2. The molecule has 8 nitrogen and oxygen atoms in total. The predicted molar refractivity (Wildman–Crippen MR) is 127 cm³/mol. The average molecular weight is 467 g/mol. The maximum absolute atomic E-state index is 13.2. The SMILES string of the molecule is COc1cccc(C2/C(=C(\O)c3cc(C)c(C)cc3O)C(=O)C(=O)N2CCN2CCOCC2)c1. The van der Waals surface area contributed by atoms with Gasteiger partial charge in [0, 0.05) is 26.2 Å². The lowest BCUT2D eigenvalue weighted by molar-refractivity contribution is -0.140. The maximum atomic E-state index is 13.2. The number of Topliss-reactive ketones (excluding diaryl/α,β-unsaturated/α-hetero) is 1. The quantitative estimate of drug-likeness (QED) is 0.384. The summed E-state index contributed by atoms with van der Waals surface area (Å²) in [5, 5.41) is 21.8. The third-order valence-electron chi connectivity index (χ3n) is 6.58. The Hall–Kier alpha value is -3.36. The van der Waals surface area contributed by atoms with E-state index in [2.05, 4.69) is 4.90 Å². The highest BCUT2D eigenvalue weighted by Gasteiger charge is 2.46. The molecule has 4 rings (SSSR count). The van der Waals surface area contributed by atoms with Crippen molar-refractivity contribution in [2.75, 3.05) is 46.5 Å². The second-order valence-corrected chi connectivity index (χ2v) is 8.68. The van der Waals surface area contributed by atoms with Crippen LogP contribution in [-0.4, -0.2) is 78.2 Å². The number of rotatable bonds is 6. The molecule has 2 fully saturated rings. The first kappa shape index (κ1) is 23.8. The molecule has 2 aromatic carbocycles. The number of aryl methyl sites for hydroxylation is 2. The van der Waals surface area contributed by atoms with Gasteiger partial charge in [0.15, 0.2) is 0 Å². The van der Waals surface area contributed by atoms with Crippen LogP contribution in [0.15, 0.2) is 42.0 Å². The fourth-order valence-corrected chi connectivity index (χ4v) is 4.48. The number of carbonyl (C=O) groups is 2. The van der Waals surface area contributed by atoms with Crippen LogP contribution in [0.1, 0.15) is 28.3 Å². The van der Waals surface area contributed by atoms with E-state index >= 15 is 0 Å². The van der Waals surface area contributed by atoms with Gasteiger partial charge in [0.1, 0.15) is 17.3 Å². The topological polar surface area (TPSA) is 99.5 Å². The molecule has 2 heterocycles. The summed E-state index contributed by atoms with van der Waals surface area (Å²) in [5.41, 5.74) is 2.43. The van der Waals surface area contributed by atoms with Crippen LogP contribution in [0, 0.1) is 13.8 Å². The lowest BCUT2D eigenvalue weighted by Crippen LogP contribution is -2.42. The number of morpholine rings is 1. The minimum Gasteiger partial charge on any atom is -0.507 e. The van der Waals surface area contributed by atoms with Gasteiger partial charge in [-0.15, -0.1) is 0 Å². The number of benzene rings is 2. The monoisotopic (exact) mass is 466 g/mol. The lowest BCUT2D eigenvalue weighted by atomic mass is 9.93. The van der Waals surface area contributed by atoms with E-state index in [0.717, 1.165) is 24.2 Å². The molecule has 1 unspecified atom stereocenters. The Morgan fingerprint density at radius 2 is 1.79 bits per heavy atom. The number of ether oxygens (including phenoxy) is 2. The standard InChI is InChI=1S/C26H30N2O6/c1-16-13-20(21(29)14-17(16)2)24(30)22-23(18-5-4-6-19(15-18)33-3)28(26(32)25(22)31)8-7-27-9-11-34-12-10-27/h4-6,13-15,23,29-30H,7-12H2,1-3H3/b24-22+. The van der Waals surface area contributed by atoms with Crippen molar-refractivity contribution in [2.45, 2.75) is 19.9 Å². The van der Waals surface area contributed by atoms with E-state index in [0.29, 0.717) is 37.6 Å². The molecule has 2 aliphatic heterocycles. The molecular formula is C26H30N2O6. The van der Waals surface area contributed by atoms with Crippen LogP contribution in [0.4, 0.5) is 0 Å².